The molecule has 0 fully saturated rings. The van der Waals surface area contributed by atoms with Gasteiger partial charge in [0.2, 0.25) is 0 Å². The van der Waals surface area contributed by atoms with E-state index in [1.54, 1.807) is 0 Å². The number of para-hydroxylation sites is 1. The van der Waals surface area contributed by atoms with Gasteiger partial charge in [-0.15, -0.1) is 6.58 Å². The molecule has 3 nitrogen and oxygen atoms in total. The Labute approximate surface area is 78.6 Å². The molecule has 4 N–H and O–H groups in total. The molecule has 0 aromatic heterocycles. The van der Waals surface area contributed by atoms with Gasteiger partial charge in [-0.3, -0.25) is 5.43 Å². The maximum Gasteiger partial charge on any atom is 0.0660 e. The molecule has 70 valence electrons. The van der Waals surface area contributed by atoms with Gasteiger partial charge >= 0.3 is 0 Å². The van der Waals surface area contributed by atoms with E-state index >= 15 is 0 Å². The molecular formula is C10H15N3. The van der Waals surface area contributed by atoms with Crippen LogP contribution in [0.25, 0.3) is 0 Å². The van der Waals surface area contributed by atoms with E-state index in [1.807, 2.05) is 37.4 Å². The highest BCUT2D eigenvalue weighted by molar-refractivity contribution is 5.49. The van der Waals surface area contributed by atoms with Gasteiger partial charge in [0, 0.05) is 5.69 Å². The number of nitrogens with one attached hydrogen (secondary N) is 2. The molecule has 0 saturated carbocycles. The van der Waals surface area contributed by atoms with Gasteiger partial charge in [-0.2, -0.15) is 0 Å². The number of hydrogen-bond donors (Lipinski definition) is 3. The van der Waals surface area contributed by atoms with Crippen LogP contribution in [0.15, 0.2) is 36.9 Å². The van der Waals surface area contributed by atoms with Gasteiger partial charge < -0.3 is 5.73 Å². The Morgan fingerprint density at radius 1 is 1.46 bits per heavy atom. The van der Waals surface area contributed by atoms with Crippen molar-refractivity contribution in [2.75, 3.05) is 12.8 Å². The largest absolute Gasteiger partial charge is 0.398 e. The Morgan fingerprint density at radius 2 is 2.15 bits per heavy atom. The Hall–Kier alpha value is -1.32. The zero-order valence-corrected chi connectivity index (χ0v) is 7.75. The Morgan fingerprint density at radius 3 is 2.69 bits per heavy atom. The van der Waals surface area contributed by atoms with Gasteiger partial charge in [0.15, 0.2) is 0 Å². The number of hydrazine groups is 1. The smallest absolute Gasteiger partial charge is 0.0660 e. The first-order valence-corrected chi connectivity index (χ1v) is 4.18. The molecule has 1 aromatic carbocycles. The van der Waals surface area contributed by atoms with Gasteiger partial charge in [-0.05, 0) is 18.7 Å². The molecule has 1 rings (SSSR count). The first-order valence-electron chi connectivity index (χ1n) is 4.18. The van der Waals surface area contributed by atoms with Crippen molar-refractivity contribution in [2.24, 2.45) is 0 Å². The van der Waals surface area contributed by atoms with Crippen LogP contribution in [-0.4, -0.2) is 7.05 Å². The summed E-state index contributed by atoms with van der Waals surface area (Å²) in [4.78, 5) is 0. The lowest BCUT2D eigenvalue weighted by Crippen LogP contribution is -2.31. The van der Waals surface area contributed by atoms with E-state index in [9.17, 15) is 0 Å². The van der Waals surface area contributed by atoms with Crippen LogP contribution in [0.4, 0.5) is 5.69 Å². The normalized spacial score (nSPS) is 12.4. The third kappa shape index (κ3) is 2.31. The predicted octanol–water partition coefficient (Wildman–Crippen LogP) is 1.22. The molecule has 0 amide bonds. The number of nitrogens with two attached hydrogens (primary N) is 1. The van der Waals surface area contributed by atoms with Crippen molar-refractivity contribution in [3.63, 3.8) is 0 Å². The Balaban J connectivity index is 2.90. The second-order valence-electron chi connectivity index (χ2n) is 2.74. The van der Waals surface area contributed by atoms with E-state index in [0.29, 0.717) is 0 Å². The third-order valence-electron chi connectivity index (χ3n) is 1.87. The fourth-order valence-electron chi connectivity index (χ4n) is 1.21. The van der Waals surface area contributed by atoms with Crippen molar-refractivity contribution in [1.29, 1.82) is 0 Å². The first kappa shape index (κ1) is 9.77. The highest BCUT2D eigenvalue weighted by atomic mass is 15.3. The van der Waals surface area contributed by atoms with Crippen LogP contribution in [0.3, 0.4) is 0 Å². The number of hydrogen-bond acceptors (Lipinski definition) is 3. The zero-order valence-electron chi connectivity index (χ0n) is 7.75. The van der Waals surface area contributed by atoms with E-state index < -0.39 is 0 Å². The fourth-order valence-corrected chi connectivity index (χ4v) is 1.21. The lowest BCUT2D eigenvalue weighted by atomic mass is 10.1. The predicted molar refractivity (Wildman–Crippen MR) is 56.0 cm³/mol. The van der Waals surface area contributed by atoms with Gasteiger partial charge in [-0.1, -0.05) is 24.3 Å². The molecule has 1 aromatic rings. The second kappa shape index (κ2) is 4.64. The van der Waals surface area contributed by atoms with Crippen LogP contribution in [0.5, 0.6) is 0 Å². The monoisotopic (exact) mass is 177 g/mol. The molecule has 0 radical (unpaired) electrons. The quantitative estimate of drug-likeness (QED) is 0.368. The minimum Gasteiger partial charge on any atom is -0.398 e. The van der Waals surface area contributed by atoms with E-state index in [4.69, 9.17) is 5.73 Å². The molecule has 0 spiro atoms. The minimum atomic E-state index is 0.0474. The molecule has 1 unspecified atom stereocenters. The summed E-state index contributed by atoms with van der Waals surface area (Å²) >= 11 is 0. The average Bonchev–Trinajstić information content (AvgIpc) is 2.16. The maximum atomic E-state index is 5.81. The van der Waals surface area contributed by atoms with Crippen molar-refractivity contribution in [3.05, 3.63) is 42.5 Å². The highest BCUT2D eigenvalue weighted by Gasteiger charge is 2.07. The summed E-state index contributed by atoms with van der Waals surface area (Å²) in [5.41, 5.74) is 13.5. The van der Waals surface area contributed by atoms with Gasteiger partial charge in [0.1, 0.15) is 0 Å². The van der Waals surface area contributed by atoms with Crippen LogP contribution in [-0.2, 0) is 0 Å². The molecule has 0 bridgehead atoms. The van der Waals surface area contributed by atoms with Crippen molar-refractivity contribution < 1.29 is 0 Å². The molecular weight excluding hydrogens is 162 g/mol. The van der Waals surface area contributed by atoms with E-state index in [-0.39, 0.29) is 6.04 Å². The standard InChI is InChI=1S/C10H15N3/c1-3-10(13-12-2)8-6-4-5-7-9(8)11/h3-7,10,12-13H,1,11H2,2H3. The highest BCUT2D eigenvalue weighted by Crippen LogP contribution is 2.19. The summed E-state index contributed by atoms with van der Waals surface area (Å²) < 4.78 is 0. The van der Waals surface area contributed by atoms with Gasteiger partial charge in [0.05, 0.1) is 6.04 Å². The van der Waals surface area contributed by atoms with Gasteiger partial charge in [0.25, 0.3) is 0 Å². The van der Waals surface area contributed by atoms with Crippen LogP contribution in [0.2, 0.25) is 0 Å². The topological polar surface area (TPSA) is 50.1 Å². The molecule has 3 heteroatoms. The minimum absolute atomic E-state index is 0.0474. The van der Waals surface area contributed by atoms with Crippen LogP contribution < -0.4 is 16.6 Å². The Bertz CT molecular complexity index is 283. The summed E-state index contributed by atoms with van der Waals surface area (Å²) in [6.45, 7) is 3.74. The third-order valence-corrected chi connectivity index (χ3v) is 1.87. The van der Waals surface area contributed by atoms with E-state index in [0.717, 1.165) is 11.3 Å². The molecule has 13 heavy (non-hydrogen) atoms. The second-order valence-corrected chi connectivity index (χ2v) is 2.74. The van der Waals surface area contributed by atoms with Crippen LogP contribution in [0, 0.1) is 0 Å². The van der Waals surface area contributed by atoms with Crippen molar-refractivity contribution >= 4 is 5.69 Å². The summed E-state index contributed by atoms with van der Waals surface area (Å²) in [5.74, 6) is 0. The first-order chi connectivity index (χ1) is 6.29. The number of rotatable bonds is 4. The summed E-state index contributed by atoms with van der Waals surface area (Å²) in [6, 6.07) is 7.78. The van der Waals surface area contributed by atoms with Crippen molar-refractivity contribution in [2.45, 2.75) is 6.04 Å². The Kier molecular flexibility index (Phi) is 3.49. The zero-order chi connectivity index (χ0) is 9.68. The number of benzene rings is 1. The summed E-state index contributed by atoms with van der Waals surface area (Å²) in [5, 5.41) is 0. The van der Waals surface area contributed by atoms with E-state index in [2.05, 4.69) is 17.4 Å². The van der Waals surface area contributed by atoms with Gasteiger partial charge in [-0.25, -0.2) is 5.43 Å². The lowest BCUT2D eigenvalue weighted by Gasteiger charge is -2.15. The molecule has 0 heterocycles. The van der Waals surface area contributed by atoms with E-state index in [1.165, 1.54) is 0 Å². The van der Waals surface area contributed by atoms with Crippen molar-refractivity contribution in [1.82, 2.24) is 10.9 Å². The van der Waals surface area contributed by atoms with Crippen LogP contribution in [0.1, 0.15) is 11.6 Å². The van der Waals surface area contributed by atoms with Crippen LogP contribution >= 0.6 is 0 Å². The lowest BCUT2D eigenvalue weighted by molar-refractivity contribution is 0.543. The SMILES string of the molecule is C=CC(NNC)c1ccccc1N. The summed E-state index contributed by atoms with van der Waals surface area (Å²) in [7, 11) is 1.82. The average molecular weight is 177 g/mol. The van der Waals surface area contributed by atoms with Crippen molar-refractivity contribution in [3.8, 4) is 0 Å². The molecule has 1 atom stereocenters. The molecule has 0 aliphatic heterocycles. The molecule has 0 aliphatic rings. The number of nitrogen functional groups attached to an aromatic ring is 1. The maximum absolute atomic E-state index is 5.81. The summed E-state index contributed by atoms with van der Waals surface area (Å²) in [6.07, 6.45) is 1.81. The number of anilines is 1. The molecule has 0 aliphatic carbocycles. The fraction of sp³-hybridized carbons (Fsp3) is 0.200. The molecule has 0 saturated heterocycles.